The Morgan fingerprint density at radius 2 is 1.74 bits per heavy atom. The number of allylic oxidation sites excluding steroid dienone is 1. The van der Waals surface area contributed by atoms with Gasteiger partial charge in [0.2, 0.25) is 17.6 Å². The van der Waals surface area contributed by atoms with Gasteiger partial charge < -0.3 is 4.74 Å². The van der Waals surface area contributed by atoms with E-state index in [2.05, 4.69) is 10.9 Å². The summed E-state index contributed by atoms with van der Waals surface area (Å²) in [4.78, 5) is 56.9. The number of ketones is 1. The van der Waals surface area contributed by atoms with E-state index in [-0.39, 0.29) is 24.8 Å². The topological polar surface area (TPSA) is 114 Å². The maximum atomic E-state index is 13.6. The van der Waals surface area contributed by atoms with Gasteiger partial charge in [-0.25, -0.2) is 15.3 Å². The first kappa shape index (κ1) is 31.2. The summed E-state index contributed by atoms with van der Waals surface area (Å²) in [7, 11) is 0. The maximum Gasteiger partial charge on any atom is 0.308 e. The SMILES string of the molecule is CC(=O)C(=O)N(CC(C)C)NC(=O)[C@H](CC(C)C)[C@H](CC=Cc1ccccc1)C(=O)NOC1CCCCO1. The minimum Gasteiger partial charge on any atom is -0.350 e. The molecule has 0 saturated carbocycles. The van der Waals surface area contributed by atoms with E-state index in [9.17, 15) is 19.2 Å². The third kappa shape index (κ3) is 10.8. The molecule has 210 valence electrons. The van der Waals surface area contributed by atoms with Crippen LogP contribution in [0, 0.1) is 23.7 Å². The van der Waals surface area contributed by atoms with Crippen LogP contribution in [-0.4, -0.2) is 48.0 Å². The standard InChI is InChI=1S/C29H43N3O6/c1-20(2)18-25(27(34)30-32(19-21(3)4)29(36)22(5)33)24(15-11-14-23-12-7-6-8-13-23)28(35)31-38-26-16-9-10-17-37-26/h6-8,11-14,20-21,24-26H,9-10,15-19H2,1-5H3,(H,30,34)(H,31,35)/t24-,25+,26?/m0/s1. The number of carbonyl (C=O) groups excluding carboxylic acids is 4. The molecule has 1 heterocycles. The number of hydroxylamine groups is 1. The summed E-state index contributed by atoms with van der Waals surface area (Å²) < 4.78 is 5.55. The van der Waals surface area contributed by atoms with Crippen molar-refractivity contribution >= 4 is 29.6 Å². The number of amides is 3. The maximum absolute atomic E-state index is 13.6. The molecule has 2 rings (SSSR count). The third-order valence-electron chi connectivity index (χ3n) is 6.15. The minimum atomic E-state index is -0.793. The minimum absolute atomic E-state index is 0.0129. The second-order valence-electron chi connectivity index (χ2n) is 10.6. The number of carbonyl (C=O) groups is 4. The summed E-state index contributed by atoms with van der Waals surface area (Å²) in [6.45, 7) is 9.61. The van der Waals surface area contributed by atoms with Gasteiger partial charge in [0.1, 0.15) is 0 Å². The molecular weight excluding hydrogens is 486 g/mol. The largest absolute Gasteiger partial charge is 0.350 e. The number of benzene rings is 1. The molecule has 38 heavy (non-hydrogen) atoms. The lowest BCUT2D eigenvalue weighted by Crippen LogP contribution is -2.53. The van der Waals surface area contributed by atoms with Crippen LogP contribution in [0.1, 0.15) is 72.3 Å². The highest BCUT2D eigenvalue weighted by molar-refractivity contribution is 6.35. The molecule has 1 aliphatic rings. The van der Waals surface area contributed by atoms with Gasteiger partial charge in [0, 0.05) is 26.5 Å². The van der Waals surface area contributed by atoms with Crippen molar-refractivity contribution in [1.82, 2.24) is 15.9 Å². The zero-order chi connectivity index (χ0) is 28.1. The number of ether oxygens (including phenoxy) is 1. The van der Waals surface area contributed by atoms with E-state index in [1.165, 1.54) is 6.92 Å². The summed E-state index contributed by atoms with van der Waals surface area (Å²) >= 11 is 0. The summed E-state index contributed by atoms with van der Waals surface area (Å²) in [5.74, 6) is -3.86. The molecule has 1 aromatic rings. The van der Waals surface area contributed by atoms with Gasteiger partial charge in [0.15, 0.2) is 6.29 Å². The van der Waals surface area contributed by atoms with Gasteiger partial charge in [-0.2, -0.15) is 0 Å². The number of nitrogens with one attached hydrogen (secondary N) is 2. The van der Waals surface area contributed by atoms with Crippen LogP contribution in [0.5, 0.6) is 0 Å². The molecule has 0 radical (unpaired) electrons. The van der Waals surface area contributed by atoms with Crippen LogP contribution >= 0.6 is 0 Å². The van der Waals surface area contributed by atoms with E-state index >= 15 is 0 Å². The molecule has 1 aromatic carbocycles. The molecule has 2 N–H and O–H groups in total. The molecule has 3 amide bonds. The third-order valence-corrected chi connectivity index (χ3v) is 6.15. The molecule has 0 bridgehead atoms. The van der Waals surface area contributed by atoms with Gasteiger partial charge in [0.25, 0.3) is 0 Å². The Kier molecular flexibility index (Phi) is 13.2. The fourth-order valence-corrected chi connectivity index (χ4v) is 4.28. The van der Waals surface area contributed by atoms with E-state index in [0.717, 1.165) is 23.4 Å². The summed E-state index contributed by atoms with van der Waals surface area (Å²) in [6, 6.07) is 9.67. The predicted octanol–water partition coefficient (Wildman–Crippen LogP) is 4.05. The lowest BCUT2D eigenvalue weighted by Gasteiger charge is -2.31. The molecule has 1 fully saturated rings. The van der Waals surface area contributed by atoms with Gasteiger partial charge in [-0.3, -0.25) is 24.6 Å². The molecule has 3 atom stereocenters. The normalized spacial score (nSPS) is 17.3. The average Bonchev–Trinajstić information content (AvgIpc) is 2.88. The lowest BCUT2D eigenvalue weighted by atomic mass is 9.82. The zero-order valence-corrected chi connectivity index (χ0v) is 23.3. The molecular formula is C29H43N3O6. The molecule has 1 aliphatic heterocycles. The molecule has 9 nitrogen and oxygen atoms in total. The highest BCUT2D eigenvalue weighted by atomic mass is 16.8. The van der Waals surface area contributed by atoms with Crippen molar-refractivity contribution in [2.24, 2.45) is 23.7 Å². The highest BCUT2D eigenvalue weighted by Crippen LogP contribution is 2.26. The zero-order valence-electron chi connectivity index (χ0n) is 23.3. The Hall–Kier alpha value is -3.04. The number of nitrogens with zero attached hydrogens (tertiary/aromatic N) is 1. The van der Waals surface area contributed by atoms with Crippen LogP contribution < -0.4 is 10.9 Å². The Morgan fingerprint density at radius 1 is 1.03 bits per heavy atom. The van der Waals surface area contributed by atoms with Gasteiger partial charge >= 0.3 is 5.91 Å². The molecule has 9 heteroatoms. The number of hydrazine groups is 1. The first-order chi connectivity index (χ1) is 18.1. The van der Waals surface area contributed by atoms with Crippen LogP contribution in [0.3, 0.4) is 0 Å². The van der Waals surface area contributed by atoms with E-state index in [4.69, 9.17) is 9.57 Å². The second kappa shape index (κ2) is 16.0. The fraction of sp³-hybridized carbons (Fsp3) is 0.586. The van der Waals surface area contributed by atoms with Crippen LogP contribution in [0.25, 0.3) is 6.08 Å². The smallest absolute Gasteiger partial charge is 0.308 e. The molecule has 0 aromatic heterocycles. The van der Waals surface area contributed by atoms with Crippen molar-refractivity contribution in [3.05, 3.63) is 42.0 Å². The Morgan fingerprint density at radius 3 is 2.32 bits per heavy atom. The van der Waals surface area contributed by atoms with Crippen molar-refractivity contribution in [3.8, 4) is 0 Å². The van der Waals surface area contributed by atoms with Crippen molar-refractivity contribution in [2.45, 2.75) is 73.0 Å². The molecule has 1 unspecified atom stereocenters. The van der Waals surface area contributed by atoms with E-state index in [1.807, 2.05) is 70.2 Å². The van der Waals surface area contributed by atoms with Crippen LogP contribution in [-0.2, 0) is 28.8 Å². The Balaban J connectivity index is 2.28. The first-order valence-corrected chi connectivity index (χ1v) is 13.5. The number of hydrogen-bond acceptors (Lipinski definition) is 6. The van der Waals surface area contributed by atoms with Crippen molar-refractivity contribution < 1.29 is 28.8 Å². The fourth-order valence-electron chi connectivity index (χ4n) is 4.28. The molecule has 0 aliphatic carbocycles. The Bertz CT molecular complexity index is 941. The van der Waals surface area contributed by atoms with E-state index < -0.39 is 41.6 Å². The van der Waals surface area contributed by atoms with E-state index in [1.54, 1.807) is 0 Å². The number of rotatable bonds is 13. The predicted molar refractivity (Wildman–Crippen MR) is 145 cm³/mol. The average molecular weight is 530 g/mol. The van der Waals surface area contributed by atoms with Crippen molar-refractivity contribution in [3.63, 3.8) is 0 Å². The number of hydrogen-bond donors (Lipinski definition) is 2. The van der Waals surface area contributed by atoms with Gasteiger partial charge in [-0.05, 0) is 43.1 Å². The van der Waals surface area contributed by atoms with Crippen LogP contribution in [0.4, 0.5) is 0 Å². The second-order valence-corrected chi connectivity index (χ2v) is 10.6. The van der Waals surface area contributed by atoms with Gasteiger partial charge in [-0.15, -0.1) is 0 Å². The quantitative estimate of drug-likeness (QED) is 0.294. The number of Topliss-reactive ketones (excluding diaryl/α,β-unsaturated/α-hetero) is 1. The summed E-state index contributed by atoms with van der Waals surface area (Å²) in [5.41, 5.74) is 6.13. The summed E-state index contributed by atoms with van der Waals surface area (Å²) in [5, 5.41) is 1.06. The first-order valence-electron chi connectivity index (χ1n) is 13.5. The monoisotopic (exact) mass is 529 g/mol. The molecule has 0 spiro atoms. The van der Waals surface area contributed by atoms with Crippen molar-refractivity contribution in [2.75, 3.05) is 13.2 Å². The highest BCUT2D eigenvalue weighted by Gasteiger charge is 2.36. The van der Waals surface area contributed by atoms with Crippen LogP contribution in [0.15, 0.2) is 36.4 Å². The van der Waals surface area contributed by atoms with E-state index in [0.29, 0.717) is 19.4 Å². The Labute approximate surface area is 226 Å². The van der Waals surface area contributed by atoms with Gasteiger partial charge in [0.05, 0.1) is 11.8 Å². The lowest BCUT2D eigenvalue weighted by molar-refractivity contribution is -0.203. The summed E-state index contributed by atoms with van der Waals surface area (Å²) in [6.07, 6.45) is 6.47. The van der Waals surface area contributed by atoms with Crippen molar-refractivity contribution in [1.29, 1.82) is 0 Å². The van der Waals surface area contributed by atoms with Gasteiger partial charge in [-0.1, -0.05) is 70.2 Å². The van der Waals surface area contributed by atoms with Crippen LogP contribution in [0.2, 0.25) is 0 Å². The molecule has 1 saturated heterocycles.